The molecule has 67 heavy (non-hydrogen) atoms. The molecule has 0 radical (unpaired) electrons. The van der Waals surface area contributed by atoms with Crippen molar-refractivity contribution in [2.45, 2.75) is 90.7 Å². The number of benzene rings is 1. The third kappa shape index (κ3) is 22.8. The molecule has 3 rings (SSSR count). The summed E-state index contributed by atoms with van der Waals surface area (Å²) in [6, 6.07) is 7.74. The highest BCUT2D eigenvalue weighted by molar-refractivity contribution is 6.06. The van der Waals surface area contributed by atoms with Crippen molar-refractivity contribution in [3.63, 3.8) is 0 Å². The van der Waals surface area contributed by atoms with Gasteiger partial charge in [0.1, 0.15) is 37.4 Å². The van der Waals surface area contributed by atoms with Gasteiger partial charge < -0.3 is 71.5 Å². The van der Waals surface area contributed by atoms with Crippen LogP contribution >= 0.6 is 0 Å². The molecule has 2 aromatic heterocycles. The summed E-state index contributed by atoms with van der Waals surface area (Å²) in [5.74, 6) is -0.999. The Morgan fingerprint density at radius 3 is 1.91 bits per heavy atom. The molecule has 0 spiro atoms. The predicted octanol–water partition coefficient (Wildman–Crippen LogP) is 1.40. The van der Waals surface area contributed by atoms with Crippen LogP contribution in [-0.2, 0) is 65.6 Å². The second-order valence-corrected chi connectivity index (χ2v) is 16.0. The number of carbonyl (C=O) groups is 6. The molecule has 2 heterocycles. The Balaban J connectivity index is 1.11. The number of pyridine rings is 1. The van der Waals surface area contributed by atoms with Gasteiger partial charge in [-0.25, -0.2) is 9.97 Å². The maximum absolute atomic E-state index is 12.4. The topological polar surface area (TPSA) is 305 Å². The quantitative estimate of drug-likeness (QED) is 0.0313. The van der Waals surface area contributed by atoms with E-state index < -0.39 is 0 Å². The molecular formula is C46H74N10O11. The third-order valence-corrected chi connectivity index (χ3v) is 10.9. The van der Waals surface area contributed by atoms with Crippen LogP contribution in [0.3, 0.4) is 0 Å². The number of hydrogen-bond acceptors (Lipinski definition) is 15. The first-order chi connectivity index (χ1) is 32.5. The van der Waals surface area contributed by atoms with Gasteiger partial charge in [0.15, 0.2) is 5.82 Å². The summed E-state index contributed by atoms with van der Waals surface area (Å²) in [4.78, 5) is 80.1. The second-order valence-electron chi connectivity index (χ2n) is 16.0. The van der Waals surface area contributed by atoms with E-state index in [0.717, 1.165) is 47.8 Å². The number of hydrogen-bond donors (Lipinski definition) is 7. The Morgan fingerprint density at radius 2 is 1.25 bits per heavy atom. The number of amides is 5. The van der Waals surface area contributed by atoms with Crippen molar-refractivity contribution in [1.29, 1.82) is 0 Å². The molecule has 0 aliphatic carbocycles. The minimum atomic E-state index is -0.368. The number of aryl methyl sites for hydroxylation is 1. The van der Waals surface area contributed by atoms with Crippen LogP contribution in [0.2, 0.25) is 0 Å². The Morgan fingerprint density at radius 1 is 0.672 bits per heavy atom. The van der Waals surface area contributed by atoms with Crippen LogP contribution in [0.5, 0.6) is 0 Å². The number of nitrogen functional groups attached to an aromatic ring is 1. The van der Waals surface area contributed by atoms with Gasteiger partial charge in [-0.15, -0.1) is 0 Å². The molecule has 2 atom stereocenters. The first kappa shape index (κ1) is 56.0. The zero-order chi connectivity index (χ0) is 48.5. The number of rotatable bonds is 41. The lowest BCUT2D eigenvalue weighted by atomic mass is 9.90. The van der Waals surface area contributed by atoms with Gasteiger partial charge in [0, 0.05) is 56.4 Å². The molecule has 21 nitrogen and oxygen atoms in total. The highest BCUT2D eigenvalue weighted by Gasteiger charge is 2.20. The van der Waals surface area contributed by atoms with E-state index in [2.05, 4.69) is 30.8 Å². The molecule has 0 fully saturated rings. The molecule has 0 saturated carbocycles. The van der Waals surface area contributed by atoms with Gasteiger partial charge in [-0.05, 0) is 64.5 Å². The number of aldehydes is 1. The standard InChI is InChI=1S/C46H74N10O11/c1-2-63-31-38-55-42-43(36-15-3-4-16-37(36)54-44(42)47)56(38)23-10-20-52-40(59)32-67-33-41(60)53-22-26-65-28-30-66-29-27-64-25-17-39(58)51-19-8-6-12-35(46(49)62)14-9-13-34(45(48)61)11-5-7-18-50-21-24-57/h3-4,15-16,24,34-35,50H,2,5-14,17-23,25-33H2,1H3,(H2,47,54)(H2,48,61)(H2,49,62)(H,51,58)(H,52,59)(H,53,60). The number of nitrogens with one attached hydrogen (secondary N) is 4. The Kier molecular flexibility index (Phi) is 28.5. The first-order valence-corrected chi connectivity index (χ1v) is 23.5. The molecule has 0 aliphatic heterocycles. The monoisotopic (exact) mass is 943 g/mol. The van der Waals surface area contributed by atoms with Crippen LogP contribution in [0, 0.1) is 11.8 Å². The number of nitrogens with two attached hydrogens (primary N) is 3. The van der Waals surface area contributed by atoms with Crippen LogP contribution in [0.4, 0.5) is 5.82 Å². The molecule has 374 valence electrons. The van der Waals surface area contributed by atoms with Gasteiger partial charge in [-0.2, -0.15) is 0 Å². The first-order valence-electron chi connectivity index (χ1n) is 23.5. The number of anilines is 1. The lowest BCUT2D eigenvalue weighted by Gasteiger charge is -2.16. The number of nitrogens with zero attached hydrogens (tertiary/aromatic N) is 3. The van der Waals surface area contributed by atoms with Crippen LogP contribution in [0.1, 0.15) is 83.4 Å². The number of fused-ring (bicyclic) bond motifs is 3. The van der Waals surface area contributed by atoms with E-state index in [1.54, 1.807) is 0 Å². The molecule has 2 unspecified atom stereocenters. The highest BCUT2D eigenvalue weighted by Crippen LogP contribution is 2.29. The van der Waals surface area contributed by atoms with Gasteiger partial charge in [-0.3, -0.25) is 24.0 Å². The van der Waals surface area contributed by atoms with Crippen LogP contribution in [0.25, 0.3) is 21.9 Å². The lowest BCUT2D eigenvalue weighted by molar-refractivity contribution is -0.131. The average molecular weight is 943 g/mol. The average Bonchev–Trinajstić information content (AvgIpc) is 3.68. The van der Waals surface area contributed by atoms with Crippen molar-refractivity contribution in [2.24, 2.45) is 23.3 Å². The minimum absolute atomic E-state index is 0.128. The van der Waals surface area contributed by atoms with Crippen molar-refractivity contribution < 1.29 is 52.5 Å². The molecular weight excluding hydrogens is 869 g/mol. The van der Waals surface area contributed by atoms with E-state index in [-0.39, 0.29) is 80.8 Å². The summed E-state index contributed by atoms with van der Waals surface area (Å²) < 4.78 is 29.4. The fourth-order valence-electron chi connectivity index (χ4n) is 7.32. The van der Waals surface area contributed by atoms with Crippen LogP contribution in [-0.4, -0.2) is 143 Å². The lowest BCUT2D eigenvalue weighted by Crippen LogP contribution is -2.34. The van der Waals surface area contributed by atoms with Crippen molar-refractivity contribution in [2.75, 3.05) is 97.9 Å². The van der Waals surface area contributed by atoms with E-state index in [4.69, 9.17) is 45.9 Å². The van der Waals surface area contributed by atoms with Crippen molar-refractivity contribution in [3.05, 3.63) is 30.1 Å². The number of ether oxygens (including phenoxy) is 5. The maximum atomic E-state index is 12.4. The van der Waals surface area contributed by atoms with Gasteiger partial charge in [-0.1, -0.05) is 37.5 Å². The Bertz CT molecular complexity index is 1950. The molecule has 0 saturated heterocycles. The summed E-state index contributed by atoms with van der Waals surface area (Å²) in [5, 5.41) is 12.3. The predicted molar refractivity (Wildman–Crippen MR) is 252 cm³/mol. The fourth-order valence-corrected chi connectivity index (χ4v) is 7.32. The largest absolute Gasteiger partial charge is 0.382 e. The molecule has 0 aliphatic rings. The van der Waals surface area contributed by atoms with Gasteiger partial charge in [0.05, 0.1) is 57.2 Å². The molecule has 0 bridgehead atoms. The van der Waals surface area contributed by atoms with Gasteiger partial charge >= 0.3 is 0 Å². The Hall–Kier alpha value is -5.32. The number of carbonyl (C=O) groups excluding carboxylic acids is 6. The Labute approximate surface area is 393 Å². The van der Waals surface area contributed by atoms with Gasteiger partial charge in [0.2, 0.25) is 29.5 Å². The summed E-state index contributed by atoms with van der Waals surface area (Å²) >= 11 is 0. The zero-order valence-electron chi connectivity index (χ0n) is 39.2. The summed E-state index contributed by atoms with van der Waals surface area (Å²) in [5.41, 5.74) is 19.7. The SMILES string of the molecule is CCOCc1nc2c(N)nc3ccccc3c2n1CCCNC(=O)COCC(=O)NCCOCCOCCOCCC(=O)NCCCCC(CCCC(CCCCNCC=O)C(N)=O)C(N)=O. The molecule has 21 heteroatoms. The van der Waals surface area contributed by atoms with Crippen molar-refractivity contribution in [1.82, 2.24) is 35.8 Å². The molecule has 1 aromatic carbocycles. The van der Waals surface area contributed by atoms with Crippen molar-refractivity contribution in [3.8, 4) is 0 Å². The van der Waals surface area contributed by atoms with Crippen LogP contribution in [0.15, 0.2) is 24.3 Å². The summed E-state index contributed by atoms with van der Waals surface area (Å²) in [7, 11) is 0. The van der Waals surface area contributed by atoms with E-state index in [0.29, 0.717) is 129 Å². The molecule has 5 amide bonds. The van der Waals surface area contributed by atoms with Crippen molar-refractivity contribution >= 4 is 63.6 Å². The highest BCUT2D eigenvalue weighted by atomic mass is 16.5. The summed E-state index contributed by atoms with van der Waals surface area (Å²) in [6.07, 6.45) is 7.88. The third-order valence-electron chi connectivity index (χ3n) is 10.9. The maximum Gasteiger partial charge on any atom is 0.246 e. The number of aromatic nitrogens is 3. The molecule has 3 aromatic rings. The second kappa shape index (κ2) is 34.0. The summed E-state index contributed by atoms with van der Waals surface area (Å²) in [6.45, 7) is 6.80. The number of unbranched alkanes of at least 4 members (excludes halogenated alkanes) is 2. The van der Waals surface area contributed by atoms with E-state index in [1.807, 2.05) is 31.2 Å². The van der Waals surface area contributed by atoms with Crippen LogP contribution < -0.4 is 38.5 Å². The number of imidazole rings is 1. The fraction of sp³-hybridized carbons (Fsp3) is 0.652. The normalized spacial score (nSPS) is 12.3. The minimum Gasteiger partial charge on any atom is -0.382 e. The van der Waals surface area contributed by atoms with E-state index >= 15 is 0 Å². The smallest absolute Gasteiger partial charge is 0.246 e. The van der Waals surface area contributed by atoms with E-state index in [9.17, 15) is 28.8 Å². The number of para-hydroxylation sites is 1. The molecule has 10 N–H and O–H groups in total. The number of primary amides is 2. The van der Waals surface area contributed by atoms with Gasteiger partial charge in [0.25, 0.3) is 0 Å². The van der Waals surface area contributed by atoms with E-state index in [1.165, 1.54) is 0 Å². The zero-order valence-corrected chi connectivity index (χ0v) is 39.2.